The molecule has 0 radical (unpaired) electrons. The molecule has 0 aromatic rings. The highest BCUT2D eigenvalue weighted by Gasteiger charge is 2.05. The van der Waals surface area contributed by atoms with Gasteiger partial charge in [-0.05, 0) is 6.55 Å². The van der Waals surface area contributed by atoms with Crippen LogP contribution in [0.4, 0.5) is 0 Å². The molecule has 0 bridgehead atoms. The number of nitrogens with one attached hydrogen (secondary N) is 3. The zero-order valence-electron chi connectivity index (χ0n) is 4.49. The monoisotopic (exact) mass is 149 g/mol. The Hall–Kier alpha value is 0.531. The quantitative estimate of drug-likeness (QED) is 0.315. The lowest BCUT2D eigenvalue weighted by Gasteiger charge is -2.19. The molecule has 0 amide bonds. The largest absolute Gasteiger partial charge is 0.346 e. The molecule has 7 heavy (non-hydrogen) atoms. The fraction of sp³-hybridized carbons (Fsp3) is 1.00. The van der Waals surface area contributed by atoms with Gasteiger partial charge in [0.05, 0.1) is 0 Å². The lowest BCUT2D eigenvalue weighted by atomic mass is 11.9. The summed E-state index contributed by atoms with van der Waals surface area (Å²) >= 11 is 0. The van der Waals surface area contributed by atoms with Gasteiger partial charge in [-0.2, -0.15) is 0 Å². The lowest BCUT2D eigenvalue weighted by molar-refractivity contribution is 1.24. The van der Waals surface area contributed by atoms with Gasteiger partial charge in [-0.15, -0.1) is 0 Å². The van der Waals surface area contributed by atoms with E-state index in [0.717, 1.165) is 0 Å². The van der Waals surface area contributed by atoms with Crippen LogP contribution in [0.2, 0.25) is 6.55 Å². The van der Waals surface area contributed by atoms with E-state index in [2.05, 4.69) is 20.5 Å². The first-order chi connectivity index (χ1) is 3.39. The second-order valence-electron chi connectivity index (χ2n) is 1.73. The smallest absolute Gasteiger partial charge is 0.169 e. The molecule has 0 aromatic carbocycles. The number of hydrogen-bond donors (Lipinski definition) is 3. The summed E-state index contributed by atoms with van der Waals surface area (Å²) in [5.74, 6) is 0. The molecular weight excluding hydrogens is 138 g/mol. The van der Waals surface area contributed by atoms with Crippen molar-refractivity contribution in [1.29, 1.82) is 0 Å². The molecule has 1 saturated heterocycles. The summed E-state index contributed by atoms with van der Waals surface area (Å²) in [7, 11) is -0.490. The van der Waals surface area contributed by atoms with Crippen molar-refractivity contribution in [2.24, 2.45) is 0 Å². The molecule has 42 valence electrons. The molecule has 1 heterocycles. The van der Waals surface area contributed by atoms with Crippen molar-refractivity contribution in [1.82, 2.24) is 13.9 Å². The summed E-state index contributed by atoms with van der Waals surface area (Å²) < 4.78 is 10.3. The van der Waals surface area contributed by atoms with Gasteiger partial charge in [0.1, 0.15) is 0 Å². The molecule has 0 unspecified atom stereocenters. The van der Waals surface area contributed by atoms with Gasteiger partial charge < -0.3 is 13.9 Å². The van der Waals surface area contributed by atoms with E-state index in [4.69, 9.17) is 0 Å². The van der Waals surface area contributed by atoms with E-state index in [0.29, 0.717) is 0 Å². The van der Waals surface area contributed by atoms with Gasteiger partial charge in [0.2, 0.25) is 0 Å². The predicted molar refractivity (Wildman–Crippen MR) is 39.5 cm³/mol. The zero-order chi connectivity index (χ0) is 5.11. The van der Waals surface area contributed by atoms with Crippen molar-refractivity contribution in [2.45, 2.75) is 6.55 Å². The minimum atomic E-state index is -0.534. The summed E-state index contributed by atoms with van der Waals surface area (Å²) in [5, 5.41) is 0. The standard InChI is InChI=1S/CH11N3Si3/c1-7-3-5-2-6-4-7/h2-4,7H,5-6H2,1H3. The number of rotatable bonds is 0. The fourth-order valence-electron chi connectivity index (χ4n) is 0.585. The lowest BCUT2D eigenvalue weighted by Crippen LogP contribution is -2.61. The summed E-state index contributed by atoms with van der Waals surface area (Å²) in [6.07, 6.45) is 0. The molecular formula is CH11N3Si3. The molecule has 1 rings (SSSR count). The molecule has 1 aliphatic heterocycles. The average molecular weight is 149 g/mol. The molecule has 0 saturated carbocycles. The normalized spacial score (nSPS) is 39.9. The van der Waals surface area contributed by atoms with Crippen molar-refractivity contribution in [3.05, 3.63) is 0 Å². The Bertz CT molecular complexity index is 52.1. The van der Waals surface area contributed by atoms with Crippen LogP contribution < -0.4 is 13.9 Å². The van der Waals surface area contributed by atoms with Crippen LogP contribution in [0, 0.1) is 0 Å². The van der Waals surface area contributed by atoms with Gasteiger partial charge in [0.25, 0.3) is 0 Å². The topological polar surface area (TPSA) is 36.1 Å². The first kappa shape index (κ1) is 5.66. The third-order valence-electron chi connectivity index (χ3n) is 1.07. The van der Waals surface area contributed by atoms with Crippen molar-refractivity contribution in [2.75, 3.05) is 0 Å². The van der Waals surface area contributed by atoms with Crippen LogP contribution in [-0.2, 0) is 0 Å². The highest BCUT2D eigenvalue weighted by Crippen LogP contribution is 1.65. The van der Waals surface area contributed by atoms with E-state index in [9.17, 15) is 0 Å². The Morgan fingerprint density at radius 3 is 2.14 bits per heavy atom. The highest BCUT2D eigenvalue weighted by atomic mass is 28.4. The van der Waals surface area contributed by atoms with Gasteiger partial charge >= 0.3 is 0 Å². The van der Waals surface area contributed by atoms with E-state index < -0.39 is 9.12 Å². The average Bonchev–Trinajstić information content (AvgIpc) is 1.69. The fourth-order valence-corrected chi connectivity index (χ4v) is 9.16. The van der Waals surface area contributed by atoms with Crippen LogP contribution in [0.1, 0.15) is 0 Å². The molecule has 3 N–H and O–H groups in total. The second kappa shape index (κ2) is 2.75. The van der Waals surface area contributed by atoms with Crippen molar-refractivity contribution >= 4 is 28.8 Å². The summed E-state index contributed by atoms with van der Waals surface area (Å²) in [5.41, 5.74) is 0. The van der Waals surface area contributed by atoms with Gasteiger partial charge in [-0.25, -0.2) is 0 Å². The third-order valence-corrected chi connectivity index (χ3v) is 9.60. The minimum absolute atomic E-state index is 0.0220. The van der Waals surface area contributed by atoms with Crippen molar-refractivity contribution in [3.63, 3.8) is 0 Å². The first-order valence-electron chi connectivity index (χ1n) is 2.57. The molecule has 3 nitrogen and oxygen atoms in total. The van der Waals surface area contributed by atoms with Crippen LogP contribution in [0.5, 0.6) is 0 Å². The van der Waals surface area contributed by atoms with Crippen LogP contribution in [-0.4, -0.2) is 28.8 Å². The molecule has 6 heteroatoms. The molecule has 1 aliphatic rings. The Morgan fingerprint density at radius 2 is 1.86 bits per heavy atom. The summed E-state index contributed by atoms with van der Waals surface area (Å²) in [4.78, 5) is 0. The van der Waals surface area contributed by atoms with Crippen LogP contribution in [0.15, 0.2) is 0 Å². The predicted octanol–water partition coefficient (Wildman–Crippen LogP) is -3.38. The van der Waals surface area contributed by atoms with Crippen LogP contribution >= 0.6 is 0 Å². The maximum atomic E-state index is 3.47. The van der Waals surface area contributed by atoms with Gasteiger partial charge in [-0.3, -0.25) is 0 Å². The minimum Gasteiger partial charge on any atom is -0.346 e. The maximum Gasteiger partial charge on any atom is 0.169 e. The van der Waals surface area contributed by atoms with Gasteiger partial charge in [0, 0.05) is 0 Å². The third kappa shape index (κ3) is 1.84. The number of hydrogen-bond acceptors (Lipinski definition) is 3. The van der Waals surface area contributed by atoms with E-state index >= 15 is 0 Å². The molecule has 1 fully saturated rings. The summed E-state index contributed by atoms with van der Waals surface area (Å²) in [6.45, 7) is 2.31. The van der Waals surface area contributed by atoms with Crippen LogP contribution in [0.25, 0.3) is 0 Å². The second-order valence-corrected chi connectivity index (χ2v) is 9.15. The van der Waals surface area contributed by atoms with Crippen LogP contribution in [0.3, 0.4) is 0 Å². The van der Waals surface area contributed by atoms with Crippen molar-refractivity contribution in [3.8, 4) is 0 Å². The Kier molecular flexibility index (Phi) is 2.22. The van der Waals surface area contributed by atoms with Gasteiger partial charge in [-0.1, -0.05) is 0 Å². The first-order valence-corrected chi connectivity index (χ1v) is 7.71. The van der Waals surface area contributed by atoms with Crippen molar-refractivity contribution < 1.29 is 0 Å². The molecule has 0 aromatic heterocycles. The molecule has 0 spiro atoms. The highest BCUT2D eigenvalue weighted by molar-refractivity contribution is 6.74. The van der Waals surface area contributed by atoms with Gasteiger partial charge in [0.15, 0.2) is 28.8 Å². The molecule has 0 atom stereocenters. The van der Waals surface area contributed by atoms with E-state index in [1.165, 1.54) is 0 Å². The Balaban J connectivity index is 2.12. The van der Waals surface area contributed by atoms with E-state index in [1.54, 1.807) is 0 Å². The van der Waals surface area contributed by atoms with E-state index in [1.807, 2.05) is 0 Å². The zero-order valence-corrected chi connectivity index (χ0v) is 8.47. The maximum absolute atomic E-state index is 3.47. The SMILES string of the molecule is C[SiH]1N[SiH2]N[SiH2]N1. The Morgan fingerprint density at radius 1 is 1.29 bits per heavy atom. The Labute approximate surface area is 50.0 Å². The molecule has 0 aliphatic carbocycles. The van der Waals surface area contributed by atoms with E-state index in [-0.39, 0.29) is 19.7 Å². The summed E-state index contributed by atoms with van der Waals surface area (Å²) in [6, 6.07) is 0.